The Morgan fingerprint density at radius 2 is 1.67 bits per heavy atom. The third-order valence-corrected chi connectivity index (χ3v) is 3.88. The molecule has 1 atom stereocenters. The zero-order valence-electron chi connectivity index (χ0n) is 14.6. The second-order valence-electron chi connectivity index (χ2n) is 5.53. The molecule has 0 heterocycles. The second kappa shape index (κ2) is 9.02. The summed E-state index contributed by atoms with van der Waals surface area (Å²) in [4.78, 5) is 38.2. The van der Waals surface area contributed by atoms with Crippen LogP contribution in [-0.2, 0) is 9.59 Å². The summed E-state index contributed by atoms with van der Waals surface area (Å²) in [7, 11) is 1.57. The molecule has 24 heavy (non-hydrogen) atoms. The van der Waals surface area contributed by atoms with Crippen molar-refractivity contribution in [3.8, 4) is 0 Å². The van der Waals surface area contributed by atoms with E-state index in [9.17, 15) is 14.4 Å². The van der Waals surface area contributed by atoms with E-state index in [1.54, 1.807) is 36.2 Å². The first kappa shape index (κ1) is 19.6. The fourth-order valence-electron chi connectivity index (χ4n) is 2.14. The number of hydrogen-bond donors (Lipinski definition) is 2. The number of likely N-dealkylation sites (N-methyl/N-ethyl adjacent to an activating group) is 1. The highest BCUT2D eigenvalue weighted by Crippen LogP contribution is 2.12. The van der Waals surface area contributed by atoms with Crippen LogP contribution in [0.25, 0.3) is 0 Å². The second-order valence-corrected chi connectivity index (χ2v) is 5.53. The maximum Gasteiger partial charge on any atom is 0.320 e. The van der Waals surface area contributed by atoms with Crippen molar-refractivity contribution in [3.63, 3.8) is 0 Å². The molecule has 2 N–H and O–H groups in total. The molecule has 132 valence electrons. The number of nitrogens with one attached hydrogen (secondary N) is 1. The number of nitrogens with zero attached hydrogens (tertiary/aromatic N) is 2. The minimum absolute atomic E-state index is 0.0341. The van der Waals surface area contributed by atoms with Crippen LogP contribution < -0.4 is 5.32 Å². The van der Waals surface area contributed by atoms with Gasteiger partial charge in [0.2, 0.25) is 5.91 Å². The van der Waals surface area contributed by atoms with Crippen molar-refractivity contribution in [1.82, 2.24) is 9.80 Å². The summed E-state index contributed by atoms with van der Waals surface area (Å²) >= 11 is 0. The third-order valence-electron chi connectivity index (χ3n) is 3.88. The molecular formula is C17H25N3O4. The topological polar surface area (TPSA) is 90.0 Å². The van der Waals surface area contributed by atoms with Gasteiger partial charge in [0.05, 0.1) is 6.54 Å². The molecule has 0 radical (unpaired) electrons. The van der Waals surface area contributed by atoms with Gasteiger partial charge in [0.25, 0.3) is 5.91 Å². The molecule has 7 heteroatoms. The Morgan fingerprint density at radius 3 is 2.12 bits per heavy atom. The summed E-state index contributed by atoms with van der Waals surface area (Å²) in [5.41, 5.74) is 1.13. The van der Waals surface area contributed by atoms with Crippen molar-refractivity contribution in [2.75, 3.05) is 32.0 Å². The predicted molar refractivity (Wildman–Crippen MR) is 92.1 cm³/mol. The number of rotatable bonds is 8. The number of hydrogen-bond acceptors (Lipinski definition) is 4. The van der Waals surface area contributed by atoms with Gasteiger partial charge in [-0.05, 0) is 52.1 Å². The lowest BCUT2D eigenvalue weighted by Gasteiger charge is -2.20. The molecule has 0 bridgehead atoms. The van der Waals surface area contributed by atoms with E-state index in [-0.39, 0.29) is 18.4 Å². The van der Waals surface area contributed by atoms with E-state index in [1.807, 2.05) is 13.8 Å². The SMILES string of the molecule is CCN(CC)C(=O)c1ccc(NC(=O)CN(C)C(C)C(=O)O)cc1. The van der Waals surface area contributed by atoms with E-state index < -0.39 is 12.0 Å². The summed E-state index contributed by atoms with van der Waals surface area (Å²) in [6.07, 6.45) is 0. The number of carboxylic acid groups (broad SMARTS) is 1. The molecule has 0 aliphatic rings. The van der Waals surface area contributed by atoms with Crippen molar-refractivity contribution < 1.29 is 19.5 Å². The van der Waals surface area contributed by atoms with Gasteiger partial charge in [-0.3, -0.25) is 19.3 Å². The molecule has 0 aliphatic carbocycles. The molecule has 1 unspecified atom stereocenters. The molecule has 2 amide bonds. The third kappa shape index (κ3) is 5.34. The van der Waals surface area contributed by atoms with Gasteiger partial charge in [-0.25, -0.2) is 0 Å². The summed E-state index contributed by atoms with van der Waals surface area (Å²) in [5.74, 6) is -1.34. The van der Waals surface area contributed by atoms with E-state index in [0.29, 0.717) is 24.3 Å². The van der Waals surface area contributed by atoms with Gasteiger partial charge in [0.15, 0.2) is 0 Å². The number of anilines is 1. The molecule has 0 saturated heterocycles. The minimum Gasteiger partial charge on any atom is -0.480 e. The van der Waals surface area contributed by atoms with Crippen LogP contribution in [0.15, 0.2) is 24.3 Å². The van der Waals surface area contributed by atoms with Crippen molar-refractivity contribution in [2.45, 2.75) is 26.8 Å². The van der Waals surface area contributed by atoms with Crippen LogP contribution >= 0.6 is 0 Å². The van der Waals surface area contributed by atoms with Crippen LogP contribution in [0.3, 0.4) is 0 Å². The Morgan fingerprint density at radius 1 is 1.12 bits per heavy atom. The highest BCUT2D eigenvalue weighted by Gasteiger charge is 2.19. The van der Waals surface area contributed by atoms with E-state index in [4.69, 9.17) is 5.11 Å². The quantitative estimate of drug-likeness (QED) is 0.752. The normalized spacial score (nSPS) is 11.9. The van der Waals surface area contributed by atoms with Crippen LogP contribution in [0.1, 0.15) is 31.1 Å². The standard InChI is InChI=1S/C17H25N3O4/c1-5-20(6-2)16(22)13-7-9-14(10-8-13)18-15(21)11-19(4)12(3)17(23)24/h7-10,12H,5-6,11H2,1-4H3,(H,18,21)(H,23,24). The molecule has 1 aromatic carbocycles. The van der Waals surface area contributed by atoms with Crippen molar-refractivity contribution in [2.24, 2.45) is 0 Å². The monoisotopic (exact) mass is 335 g/mol. The van der Waals surface area contributed by atoms with Crippen LogP contribution in [0.5, 0.6) is 0 Å². The van der Waals surface area contributed by atoms with Crippen molar-refractivity contribution in [1.29, 1.82) is 0 Å². The fourth-order valence-corrected chi connectivity index (χ4v) is 2.14. The Bertz CT molecular complexity index is 582. The molecule has 0 spiro atoms. The summed E-state index contributed by atoms with van der Waals surface area (Å²) in [6.45, 7) is 6.61. The number of carbonyl (C=O) groups is 3. The average molecular weight is 335 g/mol. The maximum atomic E-state index is 12.2. The van der Waals surface area contributed by atoms with E-state index in [2.05, 4.69) is 5.32 Å². The van der Waals surface area contributed by atoms with Gasteiger partial charge in [0.1, 0.15) is 6.04 Å². The molecule has 1 aromatic rings. The molecule has 7 nitrogen and oxygen atoms in total. The van der Waals surface area contributed by atoms with Gasteiger partial charge in [-0.15, -0.1) is 0 Å². The van der Waals surface area contributed by atoms with Gasteiger partial charge in [0, 0.05) is 24.3 Å². The van der Waals surface area contributed by atoms with E-state index in [1.165, 1.54) is 11.8 Å². The van der Waals surface area contributed by atoms with Gasteiger partial charge in [-0.2, -0.15) is 0 Å². The van der Waals surface area contributed by atoms with Gasteiger partial charge in [-0.1, -0.05) is 0 Å². The number of carbonyl (C=O) groups excluding carboxylic acids is 2. The first-order chi connectivity index (χ1) is 11.3. The number of aliphatic carboxylic acids is 1. The van der Waals surface area contributed by atoms with E-state index >= 15 is 0 Å². The Balaban J connectivity index is 2.65. The summed E-state index contributed by atoms with van der Waals surface area (Å²) < 4.78 is 0. The molecule has 0 aromatic heterocycles. The number of benzene rings is 1. The van der Waals surface area contributed by atoms with E-state index in [0.717, 1.165) is 0 Å². The maximum absolute atomic E-state index is 12.2. The van der Waals surface area contributed by atoms with Gasteiger partial charge < -0.3 is 15.3 Å². The predicted octanol–water partition coefficient (Wildman–Crippen LogP) is 1.51. The lowest BCUT2D eigenvalue weighted by atomic mass is 10.1. The fraction of sp³-hybridized carbons (Fsp3) is 0.471. The molecule has 1 rings (SSSR count). The Hall–Kier alpha value is -2.41. The summed E-state index contributed by atoms with van der Waals surface area (Å²) in [6, 6.07) is 5.91. The first-order valence-corrected chi connectivity index (χ1v) is 7.92. The Labute approximate surface area is 142 Å². The van der Waals surface area contributed by atoms with Crippen LogP contribution in [0.2, 0.25) is 0 Å². The number of amides is 2. The molecule has 0 fully saturated rings. The summed E-state index contributed by atoms with van der Waals surface area (Å²) in [5, 5.41) is 11.6. The number of carboxylic acids is 1. The smallest absolute Gasteiger partial charge is 0.320 e. The molecule has 0 aliphatic heterocycles. The molecule has 0 saturated carbocycles. The average Bonchev–Trinajstić information content (AvgIpc) is 2.55. The zero-order valence-corrected chi connectivity index (χ0v) is 14.6. The van der Waals surface area contributed by atoms with Crippen molar-refractivity contribution >= 4 is 23.5 Å². The Kier molecular flexibility index (Phi) is 7.38. The van der Waals surface area contributed by atoms with Gasteiger partial charge >= 0.3 is 5.97 Å². The highest BCUT2D eigenvalue weighted by molar-refractivity contribution is 5.96. The van der Waals surface area contributed by atoms with Crippen LogP contribution in [0.4, 0.5) is 5.69 Å². The lowest BCUT2D eigenvalue weighted by molar-refractivity contribution is -0.142. The highest BCUT2D eigenvalue weighted by atomic mass is 16.4. The first-order valence-electron chi connectivity index (χ1n) is 7.92. The van der Waals surface area contributed by atoms with Crippen LogP contribution in [0, 0.1) is 0 Å². The molecular weight excluding hydrogens is 310 g/mol. The van der Waals surface area contributed by atoms with Crippen molar-refractivity contribution in [3.05, 3.63) is 29.8 Å². The lowest BCUT2D eigenvalue weighted by Crippen LogP contribution is -2.40. The van der Waals surface area contributed by atoms with Crippen LogP contribution in [-0.4, -0.2) is 65.4 Å². The minimum atomic E-state index is -0.982. The largest absolute Gasteiger partial charge is 0.480 e. The zero-order chi connectivity index (χ0) is 18.3.